The van der Waals surface area contributed by atoms with Crippen LogP contribution in [-0.4, -0.2) is 37.3 Å². The standard InChI is InChI=1S/C11H15NO5S/c1-7-4-12-9(8(2)11(7)17-3)5-18(15,16)6-10(13)14/h4H,5-6H2,1-3H3,(H,13,14). The van der Waals surface area contributed by atoms with Gasteiger partial charge in [-0.2, -0.15) is 0 Å². The normalized spacial score (nSPS) is 11.3. The van der Waals surface area contributed by atoms with Gasteiger partial charge in [-0.1, -0.05) is 0 Å². The Morgan fingerprint density at radius 3 is 2.56 bits per heavy atom. The number of aryl methyl sites for hydroxylation is 1. The lowest BCUT2D eigenvalue weighted by Gasteiger charge is -2.11. The molecule has 0 saturated heterocycles. The first-order valence-electron chi connectivity index (χ1n) is 5.18. The Labute approximate surface area is 106 Å². The molecule has 100 valence electrons. The first-order valence-corrected chi connectivity index (χ1v) is 7.00. The number of ether oxygens (including phenoxy) is 1. The first kappa shape index (κ1) is 14.4. The van der Waals surface area contributed by atoms with E-state index in [9.17, 15) is 13.2 Å². The number of hydrogen-bond acceptors (Lipinski definition) is 5. The Bertz CT molecular complexity index is 565. The molecule has 0 bridgehead atoms. The molecule has 1 N–H and O–H groups in total. The van der Waals surface area contributed by atoms with Crippen molar-refractivity contribution < 1.29 is 23.1 Å². The van der Waals surface area contributed by atoms with Gasteiger partial charge < -0.3 is 9.84 Å². The van der Waals surface area contributed by atoms with Crippen LogP contribution in [0.3, 0.4) is 0 Å². The summed E-state index contributed by atoms with van der Waals surface area (Å²) in [6, 6.07) is 0. The average Bonchev–Trinajstić information content (AvgIpc) is 2.21. The number of pyridine rings is 1. The topological polar surface area (TPSA) is 93.6 Å². The van der Waals surface area contributed by atoms with E-state index in [0.717, 1.165) is 5.56 Å². The number of sulfone groups is 1. The van der Waals surface area contributed by atoms with E-state index in [2.05, 4.69) is 4.98 Å². The molecule has 1 rings (SSSR count). The molecule has 0 fully saturated rings. The molecule has 0 aromatic carbocycles. The third-order valence-electron chi connectivity index (χ3n) is 2.45. The smallest absolute Gasteiger partial charge is 0.318 e. The molecule has 0 amide bonds. The largest absolute Gasteiger partial charge is 0.496 e. The second kappa shape index (κ2) is 5.34. The number of carbonyl (C=O) groups is 1. The fourth-order valence-electron chi connectivity index (χ4n) is 1.66. The van der Waals surface area contributed by atoms with Crippen molar-refractivity contribution in [3.8, 4) is 5.75 Å². The third-order valence-corrected chi connectivity index (χ3v) is 3.85. The van der Waals surface area contributed by atoms with Crippen LogP contribution in [-0.2, 0) is 20.4 Å². The molecule has 0 atom stereocenters. The van der Waals surface area contributed by atoms with Gasteiger partial charge in [-0.15, -0.1) is 0 Å². The molecule has 1 aromatic rings. The fourth-order valence-corrected chi connectivity index (χ4v) is 2.85. The molecule has 0 saturated carbocycles. The summed E-state index contributed by atoms with van der Waals surface area (Å²) >= 11 is 0. The second-order valence-corrected chi connectivity index (χ2v) is 6.04. The van der Waals surface area contributed by atoms with Crippen LogP contribution >= 0.6 is 0 Å². The van der Waals surface area contributed by atoms with E-state index in [0.29, 0.717) is 17.0 Å². The predicted octanol–water partition coefficient (Wildman–Crippen LogP) is 0.706. The van der Waals surface area contributed by atoms with E-state index in [-0.39, 0.29) is 0 Å². The molecule has 0 spiro atoms. The summed E-state index contributed by atoms with van der Waals surface area (Å²) < 4.78 is 28.3. The van der Waals surface area contributed by atoms with E-state index in [1.54, 1.807) is 13.8 Å². The Balaban J connectivity index is 3.10. The van der Waals surface area contributed by atoms with E-state index < -0.39 is 27.3 Å². The molecule has 0 radical (unpaired) electrons. The van der Waals surface area contributed by atoms with E-state index in [1.807, 2.05) is 0 Å². The summed E-state index contributed by atoms with van der Waals surface area (Å²) in [4.78, 5) is 14.5. The number of rotatable bonds is 5. The van der Waals surface area contributed by atoms with Crippen molar-refractivity contribution in [2.24, 2.45) is 0 Å². The highest BCUT2D eigenvalue weighted by Gasteiger charge is 2.20. The summed E-state index contributed by atoms with van der Waals surface area (Å²) in [6.45, 7) is 3.50. The Morgan fingerprint density at radius 1 is 1.44 bits per heavy atom. The molecule has 0 unspecified atom stereocenters. The SMILES string of the molecule is COc1c(C)cnc(CS(=O)(=O)CC(=O)O)c1C. The maximum absolute atomic E-state index is 11.6. The van der Waals surface area contributed by atoms with Crippen molar-refractivity contribution in [1.82, 2.24) is 4.98 Å². The van der Waals surface area contributed by atoms with E-state index >= 15 is 0 Å². The maximum atomic E-state index is 11.6. The van der Waals surface area contributed by atoms with Crippen molar-refractivity contribution in [2.75, 3.05) is 12.9 Å². The zero-order valence-corrected chi connectivity index (χ0v) is 11.2. The Kier molecular flexibility index (Phi) is 4.28. The molecule has 0 aliphatic carbocycles. The predicted molar refractivity (Wildman–Crippen MR) is 65.4 cm³/mol. The Hall–Kier alpha value is -1.63. The summed E-state index contributed by atoms with van der Waals surface area (Å²) in [5.74, 6) is -2.09. The van der Waals surface area contributed by atoms with Gasteiger partial charge in [-0.25, -0.2) is 8.42 Å². The first-order chi connectivity index (χ1) is 8.26. The number of nitrogens with zero attached hydrogens (tertiary/aromatic N) is 1. The van der Waals surface area contributed by atoms with Crippen LogP contribution in [0, 0.1) is 13.8 Å². The van der Waals surface area contributed by atoms with E-state index in [4.69, 9.17) is 9.84 Å². The lowest BCUT2D eigenvalue weighted by molar-refractivity contribution is -0.134. The molecule has 7 heteroatoms. The van der Waals surface area contributed by atoms with Crippen LogP contribution in [0.1, 0.15) is 16.8 Å². The van der Waals surface area contributed by atoms with Gasteiger partial charge in [0, 0.05) is 17.3 Å². The minimum Gasteiger partial charge on any atom is -0.496 e. The lowest BCUT2D eigenvalue weighted by Crippen LogP contribution is -2.18. The van der Waals surface area contributed by atoms with Gasteiger partial charge in [-0.05, 0) is 13.8 Å². The molecular formula is C11H15NO5S. The van der Waals surface area contributed by atoms with Crippen LogP contribution in [0.25, 0.3) is 0 Å². The number of methoxy groups -OCH3 is 1. The lowest BCUT2D eigenvalue weighted by atomic mass is 10.1. The highest BCUT2D eigenvalue weighted by Crippen LogP contribution is 2.25. The van der Waals surface area contributed by atoms with Crippen molar-refractivity contribution in [3.63, 3.8) is 0 Å². The summed E-state index contributed by atoms with van der Waals surface area (Å²) in [6.07, 6.45) is 1.51. The zero-order chi connectivity index (χ0) is 13.9. The summed E-state index contributed by atoms with van der Waals surface area (Å²) in [5, 5.41) is 8.52. The van der Waals surface area contributed by atoms with Gasteiger partial charge in [0.25, 0.3) is 0 Å². The summed E-state index contributed by atoms with van der Waals surface area (Å²) in [7, 11) is -2.22. The fraction of sp³-hybridized carbons (Fsp3) is 0.455. The van der Waals surface area contributed by atoms with Crippen molar-refractivity contribution >= 4 is 15.8 Å². The molecule has 0 aliphatic rings. The number of carboxylic acid groups (broad SMARTS) is 1. The minimum absolute atomic E-state index is 0.318. The average molecular weight is 273 g/mol. The molecular weight excluding hydrogens is 258 g/mol. The number of carboxylic acids is 1. The maximum Gasteiger partial charge on any atom is 0.318 e. The van der Waals surface area contributed by atoms with Crippen molar-refractivity contribution in [2.45, 2.75) is 19.6 Å². The van der Waals surface area contributed by atoms with Gasteiger partial charge >= 0.3 is 5.97 Å². The summed E-state index contributed by atoms with van der Waals surface area (Å²) in [5.41, 5.74) is 1.74. The molecule has 18 heavy (non-hydrogen) atoms. The van der Waals surface area contributed by atoms with Crippen LogP contribution < -0.4 is 4.74 Å². The molecule has 1 aromatic heterocycles. The minimum atomic E-state index is -3.71. The number of hydrogen-bond donors (Lipinski definition) is 1. The van der Waals surface area contributed by atoms with Crippen molar-refractivity contribution in [3.05, 3.63) is 23.0 Å². The second-order valence-electron chi connectivity index (χ2n) is 3.97. The monoisotopic (exact) mass is 273 g/mol. The molecule has 1 heterocycles. The van der Waals surface area contributed by atoms with Gasteiger partial charge in [0.15, 0.2) is 9.84 Å². The number of aromatic nitrogens is 1. The highest BCUT2D eigenvalue weighted by atomic mass is 32.2. The highest BCUT2D eigenvalue weighted by molar-refractivity contribution is 7.91. The molecule has 0 aliphatic heterocycles. The zero-order valence-electron chi connectivity index (χ0n) is 10.4. The van der Waals surface area contributed by atoms with Gasteiger partial charge in [-0.3, -0.25) is 9.78 Å². The van der Waals surface area contributed by atoms with E-state index in [1.165, 1.54) is 13.3 Å². The Morgan fingerprint density at radius 2 is 2.06 bits per heavy atom. The van der Waals surface area contributed by atoms with Crippen molar-refractivity contribution in [1.29, 1.82) is 0 Å². The van der Waals surface area contributed by atoms with Crippen LogP contribution in [0.2, 0.25) is 0 Å². The number of aliphatic carboxylic acids is 1. The van der Waals surface area contributed by atoms with Gasteiger partial charge in [0.2, 0.25) is 0 Å². The van der Waals surface area contributed by atoms with Gasteiger partial charge in [0.05, 0.1) is 18.6 Å². The quantitative estimate of drug-likeness (QED) is 0.849. The van der Waals surface area contributed by atoms with Crippen LogP contribution in [0.4, 0.5) is 0 Å². The van der Waals surface area contributed by atoms with Crippen LogP contribution in [0.15, 0.2) is 6.20 Å². The van der Waals surface area contributed by atoms with Gasteiger partial charge in [0.1, 0.15) is 11.5 Å². The van der Waals surface area contributed by atoms with Crippen LogP contribution in [0.5, 0.6) is 5.75 Å². The molecule has 6 nitrogen and oxygen atoms in total. The third kappa shape index (κ3) is 3.43.